The van der Waals surface area contributed by atoms with Gasteiger partial charge in [-0.25, -0.2) is 4.39 Å². The summed E-state index contributed by atoms with van der Waals surface area (Å²) in [5.74, 6) is -0.102. The lowest BCUT2D eigenvalue weighted by Crippen LogP contribution is -1.99. The molecule has 0 bridgehead atoms. The van der Waals surface area contributed by atoms with Crippen molar-refractivity contribution in [2.45, 2.75) is 6.42 Å². The highest BCUT2D eigenvalue weighted by atomic mass is 35.5. The maximum Gasteiger partial charge on any atom is 0.163 e. The van der Waals surface area contributed by atoms with Gasteiger partial charge in [-0.05, 0) is 24.0 Å². The summed E-state index contributed by atoms with van der Waals surface area (Å²) in [5.41, 5.74) is 0.431. The second-order valence-corrected chi connectivity index (χ2v) is 3.38. The molecule has 0 amide bonds. The molecule has 0 atom stereocenters. The van der Waals surface area contributed by atoms with Crippen LogP contribution < -0.4 is 0 Å². The summed E-state index contributed by atoms with van der Waals surface area (Å²) in [7, 11) is 0. The Hall–Kier alpha value is -0.540. The molecule has 0 aliphatic rings. The van der Waals surface area contributed by atoms with Gasteiger partial charge in [0.15, 0.2) is 5.78 Å². The molecule has 0 saturated heterocycles. The van der Waals surface area contributed by atoms with E-state index >= 15 is 0 Å². The predicted molar refractivity (Wildman–Crippen MR) is 54.2 cm³/mol. The molecule has 70 valence electrons. The van der Waals surface area contributed by atoms with E-state index in [1.807, 2.05) is 0 Å². The van der Waals surface area contributed by atoms with Gasteiger partial charge in [0.05, 0.1) is 5.02 Å². The van der Waals surface area contributed by atoms with E-state index in [9.17, 15) is 9.18 Å². The average molecular weight is 219 g/mol. The highest BCUT2D eigenvalue weighted by molar-refractivity contribution is 7.80. The maximum atomic E-state index is 12.7. The first kappa shape index (κ1) is 10.5. The van der Waals surface area contributed by atoms with Gasteiger partial charge in [0, 0.05) is 12.0 Å². The number of carbonyl (C=O) groups is 1. The number of hydrogen-bond donors (Lipinski definition) is 1. The second kappa shape index (κ2) is 4.63. The Morgan fingerprint density at radius 1 is 1.54 bits per heavy atom. The zero-order chi connectivity index (χ0) is 9.84. The van der Waals surface area contributed by atoms with Crippen molar-refractivity contribution in [1.29, 1.82) is 0 Å². The van der Waals surface area contributed by atoms with Gasteiger partial charge < -0.3 is 0 Å². The van der Waals surface area contributed by atoms with Gasteiger partial charge in [0.2, 0.25) is 0 Å². The molecule has 1 aromatic rings. The first-order valence-electron chi connectivity index (χ1n) is 3.74. The average Bonchev–Trinajstić information content (AvgIpc) is 2.10. The molecule has 0 saturated carbocycles. The summed E-state index contributed by atoms with van der Waals surface area (Å²) < 4.78 is 12.7. The molecule has 0 aromatic heterocycles. The molecule has 0 N–H and O–H groups in total. The van der Waals surface area contributed by atoms with E-state index in [4.69, 9.17) is 11.6 Å². The summed E-state index contributed by atoms with van der Waals surface area (Å²) in [4.78, 5) is 11.3. The Bertz CT molecular complexity index is 327. The van der Waals surface area contributed by atoms with Crippen molar-refractivity contribution in [2.75, 3.05) is 5.75 Å². The quantitative estimate of drug-likeness (QED) is 0.610. The van der Waals surface area contributed by atoms with Crippen LogP contribution in [0.15, 0.2) is 18.2 Å². The number of ketones is 1. The smallest absolute Gasteiger partial charge is 0.163 e. The minimum Gasteiger partial charge on any atom is -0.294 e. The summed E-state index contributed by atoms with van der Waals surface area (Å²) in [5, 5.41) is -0.0231. The first-order chi connectivity index (χ1) is 6.15. The van der Waals surface area contributed by atoms with E-state index < -0.39 is 5.82 Å². The van der Waals surface area contributed by atoms with Crippen LogP contribution in [-0.4, -0.2) is 11.5 Å². The zero-order valence-electron chi connectivity index (χ0n) is 6.76. The Balaban J connectivity index is 2.90. The summed E-state index contributed by atoms with van der Waals surface area (Å²) >= 11 is 9.44. The largest absolute Gasteiger partial charge is 0.294 e. The monoisotopic (exact) mass is 218 g/mol. The Kier molecular flexibility index (Phi) is 3.75. The molecule has 0 aliphatic carbocycles. The number of thiol groups is 1. The summed E-state index contributed by atoms with van der Waals surface area (Å²) in [6.07, 6.45) is 0.338. The van der Waals surface area contributed by atoms with Crippen LogP contribution in [0.2, 0.25) is 5.02 Å². The third kappa shape index (κ3) is 2.71. The fourth-order valence-corrected chi connectivity index (χ4v) is 1.30. The Morgan fingerprint density at radius 2 is 2.23 bits per heavy atom. The highest BCUT2D eigenvalue weighted by Crippen LogP contribution is 2.17. The van der Waals surface area contributed by atoms with Crippen LogP contribution in [0.4, 0.5) is 4.39 Å². The number of hydrogen-bond acceptors (Lipinski definition) is 2. The van der Waals surface area contributed by atoms with E-state index in [2.05, 4.69) is 12.6 Å². The highest BCUT2D eigenvalue weighted by Gasteiger charge is 2.07. The van der Waals surface area contributed by atoms with Crippen molar-refractivity contribution >= 4 is 30.0 Å². The van der Waals surface area contributed by atoms with Gasteiger partial charge >= 0.3 is 0 Å². The van der Waals surface area contributed by atoms with Gasteiger partial charge in [-0.15, -0.1) is 0 Å². The topological polar surface area (TPSA) is 17.1 Å². The molecule has 0 aliphatic heterocycles. The van der Waals surface area contributed by atoms with Crippen molar-refractivity contribution in [1.82, 2.24) is 0 Å². The molecule has 0 heterocycles. The number of rotatable bonds is 3. The molecule has 13 heavy (non-hydrogen) atoms. The molecule has 4 heteroatoms. The zero-order valence-corrected chi connectivity index (χ0v) is 8.41. The van der Waals surface area contributed by atoms with Gasteiger partial charge in [-0.3, -0.25) is 4.79 Å². The van der Waals surface area contributed by atoms with Gasteiger partial charge in [-0.1, -0.05) is 11.6 Å². The molecular formula is C9H8ClFOS. The molecule has 0 spiro atoms. The first-order valence-corrected chi connectivity index (χ1v) is 4.75. The molecular weight excluding hydrogens is 211 g/mol. The second-order valence-electron chi connectivity index (χ2n) is 2.53. The lowest BCUT2D eigenvalue weighted by molar-refractivity contribution is 0.0989. The van der Waals surface area contributed by atoms with Crippen molar-refractivity contribution in [3.05, 3.63) is 34.6 Å². The maximum absolute atomic E-state index is 12.7. The van der Waals surface area contributed by atoms with Crippen LogP contribution in [0.5, 0.6) is 0 Å². The predicted octanol–water partition coefficient (Wildman–Crippen LogP) is 2.98. The molecule has 1 nitrogen and oxygen atoms in total. The van der Waals surface area contributed by atoms with Crippen molar-refractivity contribution in [3.8, 4) is 0 Å². The Labute approximate surface area is 86.3 Å². The van der Waals surface area contributed by atoms with Crippen LogP contribution in [-0.2, 0) is 0 Å². The van der Waals surface area contributed by atoms with Crippen LogP contribution in [0.25, 0.3) is 0 Å². The number of benzene rings is 1. The van der Waals surface area contributed by atoms with Crippen LogP contribution in [0.3, 0.4) is 0 Å². The molecule has 1 rings (SSSR count). The minimum absolute atomic E-state index is 0.0231. The molecule has 0 radical (unpaired) electrons. The summed E-state index contributed by atoms with van der Waals surface area (Å²) in [6.45, 7) is 0. The number of Topliss-reactive ketones (excluding diaryl/α,β-unsaturated/α-hetero) is 1. The normalized spacial score (nSPS) is 10.1. The molecule has 0 fully saturated rings. The summed E-state index contributed by atoms with van der Waals surface area (Å²) in [6, 6.07) is 3.95. The standard InChI is InChI=1S/C9H8ClFOS/c10-7-5-6(1-2-8(7)11)9(12)3-4-13/h1-2,5,13H,3-4H2. The van der Waals surface area contributed by atoms with E-state index in [-0.39, 0.29) is 10.8 Å². The van der Waals surface area contributed by atoms with Crippen LogP contribution >= 0.6 is 24.2 Å². The van der Waals surface area contributed by atoms with E-state index in [0.29, 0.717) is 17.7 Å². The van der Waals surface area contributed by atoms with Crippen molar-refractivity contribution < 1.29 is 9.18 Å². The number of halogens is 2. The number of carbonyl (C=O) groups excluding carboxylic acids is 1. The fraction of sp³-hybridized carbons (Fsp3) is 0.222. The minimum atomic E-state index is -0.510. The third-order valence-corrected chi connectivity index (χ3v) is 2.09. The van der Waals surface area contributed by atoms with Crippen molar-refractivity contribution in [3.63, 3.8) is 0 Å². The van der Waals surface area contributed by atoms with E-state index in [0.717, 1.165) is 0 Å². The lowest BCUT2D eigenvalue weighted by atomic mass is 10.1. The lowest BCUT2D eigenvalue weighted by Gasteiger charge is -1.99. The fourth-order valence-electron chi connectivity index (χ4n) is 0.915. The molecule has 0 unspecified atom stereocenters. The van der Waals surface area contributed by atoms with Gasteiger partial charge in [0.25, 0.3) is 0 Å². The van der Waals surface area contributed by atoms with Gasteiger partial charge in [0.1, 0.15) is 5.82 Å². The third-order valence-electron chi connectivity index (χ3n) is 1.58. The van der Waals surface area contributed by atoms with E-state index in [1.165, 1.54) is 18.2 Å². The SMILES string of the molecule is O=C(CCS)c1ccc(F)c(Cl)c1. The van der Waals surface area contributed by atoms with Crippen LogP contribution in [0.1, 0.15) is 16.8 Å². The Morgan fingerprint density at radius 3 is 2.77 bits per heavy atom. The molecule has 1 aromatic carbocycles. The van der Waals surface area contributed by atoms with Gasteiger partial charge in [-0.2, -0.15) is 12.6 Å². The van der Waals surface area contributed by atoms with Crippen molar-refractivity contribution in [2.24, 2.45) is 0 Å². The van der Waals surface area contributed by atoms with Crippen LogP contribution in [0, 0.1) is 5.82 Å². The van der Waals surface area contributed by atoms with E-state index in [1.54, 1.807) is 0 Å².